The predicted molar refractivity (Wildman–Crippen MR) is 138 cm³/mol. The molecule has 1 amide bonds. The lowest BCUT2D eigenvalue weighted by atomic mass is 10.2. The molecule has 0 aliphatic carbocycles. The maximum Gasteiger partial charge on any atom is 0.271 e. The van der Waals surface area contributed by atoms with E-state index < -0.39 is 0 Å². The molecule has 0 saturated carbocycles. The van der Waals surface area contributed by atoms with Crippen LogP contribution >= 0.6 is 0 Å². The SMILES string of the molecule is Cc1ccc(COc2ccc(C(=O)N/N=C/c3ccc(N(C)c4ccccc4)cc3)cc2)cc1. The largest absolute Gasteiger partial charge is 0.489 e. The molecule has 0 bridgehead atoms. The molecule has 4 rings (SSSR count). The Hall–Kier alpha value is -4.38. The number of ether oxygens (including phenoxy) is 1. The molecule has 0 spiro atoms. The van der Waals surface area contributed by atoms with Crippen LogP contribution in [0.2, 0.25) is 0 Å². The van der Waals surface area contributed by atoms with Crippen LogP contribution in [0.5, 0.6) is 5.75 Å². The molecule has 34 heavy (non-hydrogen) atoms. The third kappa shape index (κ3) is 6.11. The van der Waals surface area contributed by atoms with Crippen LogP contribution in [-0.2, 0) is 6.61 Å². The zero-order valence-corrected chi connectivity index (χ0v) is 19.3. The third-order valence-corrected chi connectivity index (χ3v) is 5.45. The fourth-order valence-corrected chi connectivity index (χ4v) is 3.37. The van der Waals surface area contributed by atoms with Crippen molar-refractivity contribution in [2.75, 3.05) is 11.9 Å². The summed E-state index contributed by atoms with van der Waals surface area (Å²) in [6.45, 7) is 2.54. The van der Waals surface area contributed by atoms with Gasteiger partial charge in [0, 0.05) is 24.0 Å². The number of amides is 1. The van der Waals surface area contributed by atoms with E-state index in [9.17, 15) is 4.79 Å². The summed E-state index contributed by atoms with van der Waals surface area (Å²) in [4.78, 5) is 14.5. The summed E-state index contributed by atoms with van der Waals surface area (Å²) in [7, 11) is 2.03. The summed E-state index contributed by atoms with van der Waals surface area (Å²) in [5.41, 5.74) is 8.48. The fraction of sp³-hybridized carbons (Fsp3) is 0.103. The average molecular weight is 450 g/mol. The van der Waals surface area contributed by atoms with Gasteiger partial charge in [-0.1, -0.05) is 60.2 Å². The van der Waals surface area contributed by atoms with Crippen LogP contribution < -0.4 is 15.1 Å². The maximum absolute atomic E-state index is 12.4. The molecular formula is C29H27N3O2. The maximum atomic E-state index is 12.4. The van der Waals surface area contributed by atoms with Crippen molar-refractivity contribution in [3.8, 4) is 5.75 Å². The predicted octanol–water partition coefficient (Wildman–Crippen LogP) is 6.11. The summed E-state index contributed by atoms with van der Waals surface area (Å²) in [6.07, 6.45) is 1.63. The first-order valence-corrected chi connectivity index (χ1v) is 11.1. The molecule has 5 nitrogen and oxygen atoms in total. The minimum absolute atomic E-state index is 0.276. The van der Waals surface area contributed by atoms with E-state index in [1.54, 1.807) is 30.5 Å². The van der Waals surface area contributed by atoms with Crippen molar-refractivity contribution in [1.82, 2.24) is 5.43 Å². The van der Waals surface area contributed by atoms with Crippen molar-refractivity contribution in [3.05, 3.63) is 125 Å². The van der Waals surface area contributed by atoms with Crippen LogP contribution in [0.25, 0.3) is 0 Å². The van der Waals surface area contributed by atoms with Gasteiger partial charge < -0.3 is 9.64 Å². The van der Waals surface area contributed by atoms with E-state index in [-0.39, 0.29) is 5.91 Å². The second-order valence-corrected chi connectivity index (χ2v) is 7.98. The number of para-hydroxylation sites is 1. The first kappa shape index (κ1) is 22.8. The van der Waals surface area contributed by atoms with Crippen molar-refractivity contribution in [2.45, 2.75) is 13.5 Å². The molecule has 1 N–H and O–H groups in total. The molecule has 0 heterocycles. The number of hydrogen-bond acceptors (Lipinski definition) is 4. The highest BCUT2D eigenvalue weighted by molar-refractivity contribution is 5.95. The van der Waals surface area contributed by atoms with Gasteiger partial charge in [-0.15, -0.1) is 0 Å². The first-order valence-electron chi connectivity index (χ1n) is 11.1. The number of anilines is 2. The van der Waals surface area contributed by atoms with E-state index in [1.165, 1.54) is 5.56 Å². The molecule has 0 aliphatic heterocycles. The highest BCUT2D eigenvalue weighted by Crippen LogP contribution is 2.23. The number of hydrogen-bond donors (Lipinski definition) is 1. The van der Waals surface area contributed by atoms with Gasteiger partial charge in [0.25, 0.3) is 5.91 Å². The number of hydrazone groups is 1. The summed E-state index contributed by atoms with van der Waals surface area (Å²) < 4.78 is 5.80. The second-order valence-electron chi connectivity index (χ2n) is 7.98. The summed E-state index contributed by atoms with van der Waals surface area (Å²) in [5.74, 6) is 0.433. The van der Waals surface area contributed by atoms with Crippen LogP contribution in [0.15, 0.2) is 108 Å². The Kier molecular flexibility index (Phi) is 7.35. The van der Waals surface area contributed by atoms with Crippen molar-refractivity contribution in [2.24, 2.45) is 5.10 Å². The Morgan fingerprint density at radius 2 is 1.50 bits per heavy atom. The Balaban J connectivity index is 1.28. The molecule has 0 aliphatic rings. The molecule has 170 valence electrons. The van der Waals surface area contributed by atoms with Gasteiger partial charge in [0.05, 0.1) is 6.21 Å². The Bertz CT molecular complexity index is 1230. The van der Waals surface area contributed by atoms with Crippen LogP contribution in [-0.4, -0.2) is 19.2 Å². The highest BCUT2D eigenvalue weighted by atomic mass is 16.5. The Labute approximate surface area is 200 Å². The quantitative estimate of drug-likeness (QED) is 0.261. The number of nitrogens with one attached hydrogen (secondary N) is 1. The van der Waals surface area contributed by atoms with Gasteiger partial charge in [0.2, 0.25) is 0 Å². The lowest BCUT2D eigenvalue weighted by molar-refractivity contribution is 0.0955. The van der Waals surface area contributed by atoms with E-state index in [2.05, 4.69) is 46.6 Å². The number of carbonyl (C=O) groups excluding carboxylic acids is 1. The van der Waals surface area contributed by atoms with Crippen LogP contribution in [0.3, 0.4) is 0 Å². The van der Waals surface area contributed by atoms with Crippen LogP contribution in [0.1, 0.15) is 27.0 Å². The minimum Gasteiger partial charge on any atom is -0.489 e. The minimum atomic E-state index is -0.276. The molecule has 4 aromatic carbocycles. The van der Waals surface area contributed by atoms with Crippen molar-refractivity contribution < 1.29 is 9.53 Å². The average Bonchev–Trinajstić information content (AvgIpc) is 2.89. The Morgan fingerprint density at radius 3 is 2.18 bits per heavy atom. The standard InChI is InChI=1S/C29H27N3O2/c1-22-8-10-24(11-9-22)21-34-28-18-14-25(15-19-28)29(33)31-30-20-23-12-16-27(17-13-23)32(2)26-6-4-3-5-7-26/h3-20H,21H2,1-2H3,(H,31,33)/b30-20+. The molecule has 5 heteroatoms. The van der Waals surface area contributed by atoms with Crippen molar-refractivity contribution in [3.63, 3.8) is 0 Å². The lowest BCUT2D eigenvalue weighted by Gasteiger charge is -2.19. The van der Waals surface area contributed by atoms with Gasteiger partial charge in [-0.3, -0.25) is 4.79 Å². The van der Waals surface area contributed by atoms with Gasteiger partial charge in [-0.25, -0.2) is 5.43 Å². The topological polar surface area (TPSA) is 53.9 Å². The third-order valence-electron chi connectivity index (χ3n) is 5.45. The van der Waals surface area contributed by atoms with Gasteiger partial charge in [0.15, 0.2) is 0 Å². The van der Waals surface area contributed by atoms with E-state index in [1.807, 2.05) is 61.6 Å². The molecule has 0 radical (unpaired) electrons. The normalized spacial score (nSPS) is 10.8. The molecule has 0 atom stereocenters. The fourth-order valence-electron chi connectivity index (χ4n) is 3.37. The summed E-state index contributed by atoms with van der Waals surface area (Å²) in [6, 6.07) is 33.4. The number of rotatable bonds is 8. The molecule has 0 unspecified atom stereocenters. The molecule has 0 aromatic heterocycles. The van der Waals surface area contributed by atoms with E-state index in [0.29, 0.717) is 17.9 Å². The van der Waals surface area contributed by atoms with E-state index >= 15 is 0 Å². The molecule has 4 aromatic rings. The smallest absolute Gasteiger partial charge is 0.271 e. The lowest BCUT2D eigenvalue weighted by Crippen LogP contribution is -2.17. The van der Waals surface area contributed by atoms with Crippen LogP contribution in [0, 0.1) is 6.92 Å². The van der Waals surface area contributed by atoms with Gasteiger partial charge >= 0.3 is 0 Å². The number of benzene rings is 4. The van der Waals surface area contributed by atoms with Crippen molar-refractivity contribution >= 4 is 23.5 Å². The number of carbonyl (C=O) groups is 1. The van der Waals surface area contributed by atoms with E-state index in [4.69, 9.17) is 4.74 Å². The Morgan fingerprint density at radius 1 is 0.853 bits per heavy atom. The molecule has 0 fully saturated rings. The molecule has 0 saturated heterocycles. The highest BCUT2D eigenvalue weighted by Gasteiger charge is 2.05. The number of aryl methyl sites for hydroxylation is 1. The zero-order valence-electron chi connectivity index (χ0n) is 19.3. The van der Waals surface area contributed by atoms with Gasteiger partial charge in [-0.2, -0.15) is 5.10 Å². The summed E-state index contributed by atoms with van der Waals surface area (Å²) in [5, 5.41) is 4.09. The van der Waals surface area contributed by atoms with Crippen LogP contribution in [0.4, 0.5) is 11.4 Å². The van der Waals surface area contributed by atoms with Crippen molar-refractivity contribution in [1.29, 1.82) is 0 Å². The number of nitrogens with zero attached hydrogens (tertiary/aromatic N) is 2. The summed E-state index contributed by atoms with van der Waals surface area (Å²) >= 11 is 0. The monoisotopic (exact) mass is 449 g/mol. The van der Waals surface area contributed by atoms with Gasteiger partial charge in [0.1, 0.15) is 12.4 Å². The second kappa shape index (κ2) is 11.0. The van der Waals surface area contributed by atoms with E-state index in [0.717, 1.165) is 22.5 Å². The first-order chi connectivity index (χ1) is 16.6. The van der Waals surface area contributed by atoms with Gasteiger partial charge in [-0.05, 0) is 66.6 Å². The zero-order chi connectivity index (χ0) is 23.8. The molecular weight excluding hydrogens is 422 g/mol.